The summed E-state index contributed by atoms with van der Waals surface area (Å²) >= 11 is 5.99. The molecular formula is C15H22ClN5. The summed E-state index contributed by atoms with van der Waals surface area (Å²) in [6, 6.07) is 2.13. The van der Waals surface area contributed by atoms with Gasteiger partial charge in [-0.2, -0.15) is 0 Å². The third-order valence-electron chi connectivity index (χ3n) is 3.06. The van der Waals surface area contributed by atoms with Gasteiger partial charge in [0.25, 0.3) is 0 Å². The predicted octanol–water partition coefficient (Wildman–Crippen LogP) is 3.86. The smallest absolute Gasteiger partial charge is 0.131 e. The summed E-state index contributed by atoms with van der Waals surface area (Å²) in [5, 5.41) is 12.3. The molecular weight excluding hydrogens is 286 g/mol. The largest absolute Gasteiger partial charge is 0.382 e. The van der Waals surface area contributed by atoms with Gasteiger partial charge >= 0.3 is 0 Å². The number of anilines is 1. The molecule has 0 saturated heterocycles. The summed E-state index contributed by atoms with van der Waals surface area (Å²) < 4.78 is 1.88. The number of nitrogens with zero attached hydrogens (tertiary/aromatic N) is 4. The topological polar surface area (TPSA) is 55.6 Å². The Kier molecular flexibility index (Phi) is 5.17. The van der Waals surface area contributed by atoms with E-state index in [1.165, 1.54) is 0 Å². The van der Waals surface area contributed by atoms with E-state index in [0.29, 0.717) is 17.1 Å². The van der Waals surface area contributed by atoms with Crippen LogP contribution in [0, 0.1) is 5.92 Å². The van der Waals surface area contributed by atoms with Crippen molar-refractivity contribution in [2.75, 3.05) is 5.32 Å². The molecule has 5 nitrogen and oxygen atoms in total. The van der Waals surface area contributed by atoms with Crippen molar-refractivity contribution in [2.24, 2.45) is 5.92 Å². The molecule has 0 unspecified atom stereocenters. The highest BCUT2D eigenvalue weighted by atomic mass is 35.5. The number of rotatable bonds is 6. The van der Waals surface area contributed by atoms with Gasteiger partial charge in [0.05, 0.1) is 6.20 Å². The standard InChI is InChI=1S/C15H22ClN5/c1-10(2)5-6-21-9-14(19-20-21)12-8-17-15(16)7-13(12)18-11(3)4/h7-11H,5-6H2,1-4H3,(H,17,18). The van der Waals surface area contributed by atoms with Crippen LogP contribution in [0.15, 0.2) is 18.5 Å². The van der Waals surface area contributed by atoms with Gasteiger partial charge in [0, 0.05) is 30.0 Å². The minimum absolute atomic E-state index is 0.304. The first-order valence-corrected chi connectivity index (χ1v) is 7.66. The van der Waals surface area contributed by atoms with Crippen LogP contribution in [0.5, 0.6) is 0 Å². The highest BCUT2D eigenvalue weighted by molar-refractivity contribution is 6.29. The summed E-state index contributed by atoms with van der Waals surface area (Å²) in [4.78, 5) is 4.16. The Morgan fingerprint density at radius 3 is 2.71 bits per heavy atom. The Morgan fingerprint density at radius 1 is 1.29 bits per heavy atom. The third-order valence-corrected chi connectivity index (χ3v) is 3.27. The van der Waals surface area contributed by atoms with Gasteiger partial charge in [-0.3, -0.25) is 4.68 Å². The number of halogens is 1. The zero-order valence-corrected chi connectivity index (χ0v) is 13.7. The maximum atomic E-state index is 5.99. The molecule has 0 spiro atoms. The van der Waals surface area contributed by atoms with E-state index in [1.54, 1.807) is 6.20 Å². The molecule has 21 heavy (non-hydrogen) atoms. The zero-order valence-electron chi connectivity index (χ0n) is 13.0. The zero-order chi connectivity index (χ0) is 15.4. The lowest BCUT2D eigenvalue weighted by atomic mass is 10.1. The molecule has 1 N–H and O–H groups in total. The van der Waals surface area contributed by atoms with Crippen molar-refractivity contribution in [3.8, 4) is 11.3 Å². The van der Waals surface area contributed by atoms with E-state index in [4.69, 9.17) is 11.6 Å². The van der Waals surface area contributed by atoms with Gasteiger partial charge in [-0.1, -0.05) is 30.7 Å². The average Bonchev–Trinajstić information content (AvgIpc) is 2.84. The van der Waals surface area contributed by atoms with Crippen molar-refractivity contribution >= 4 is 17.3 Å². The van der Waals surface area contributed by atoms with Crippen LogP contribution in [0.25, 0.3) is 11.3 Å². The Bertz CT molecular complexity index is 591. The quantitative estimate of drug-likeness (QED) is 0.823. The molecule has 2 heterocycles. The maximum Gasteiger partial charge on any atom is 0.131 e. The van der Waals surface area contributed by atoms with Crippen LogP contribution in [0.3, 0.4) is 0 Å². The minimum Gasteiger partial charge on any atom is -0.382 e. The monoisotopic (exact) mass is 307 g/mol. The summed E-state index contributed by atoms with van der Waals surface area (Å²) in [5.41, 5.74) is 2.66. The second-order valence-corrected chi connectivity index (χ2v) is 6.29. The van der Waals surface area contributed by atoms with Crippen molar-refractivity contribution in [1.82, 2.24) is 20.0 Å². The average molecular weight is 308 g/mol. The van der Waals surface area contributed by atoms with Crippen molar-refractivity contribution in [3.05, 3.63) is 23.6 Å². The number of pyridine rings is 1. The summed E-state index contributed by atoms with van der Waals surface area (Å²) in [7, 11) is 0. The van der Waals surface area contributed by atoms with Crippen molar-refractivity contribution in [2.45, 2.75) is 46.7 Å². The molecule has 0 aliphatic heterocycles. The van der Waals surface area contributed by atoms with E-state index in [1.807, 2.05) is 16.9 Å². The Balaban J connectivity index is 2.25. The Morgan fingerprint density at radius 2 is 2.05 bits per heavy atom. The molecule has 2 aromatic rings. The number of aryl methyl sites for hydroxylation is 1. The first-order valence-electron chi connectivity index (χ1n) is 7.28. The van der Waals surface area contributed by atoms with E-state index >= 15 is 0 Å². The van der Waals surface area contributed by atoms with Crippen LogP contribution >= 0.6 is 11.6 Å². The molecule has 0 radical (unpaired) electrons. The Labute approximate surface area is 130 Å². The Hall–Kier alpha value is -1.62. The van der Waals surface area contributed by atoms with Gasteiger partial charge in [0.15, 0.2) is 0 Å². The maximum absolute atomic E-state index is 5.99. The molecule has 0 aliphatic rings. The van der Waals surface area contributed by atoms with Crippen molar-refractivity contribution < 1.29 is 0 Å². The molecule has 0 aromatic carbocycles. The van der Waals surface area contributed by atoms with Crippen molar-refractivity contribution in [3.63, 3.8) is 0 Å². The first-order chi connectivity index (χ1) is 9.95. The summed E-state index contributed by atoms with van der Waals surface area (Å²) in [6.07, 6.45) is 4.78. The van der Waals surface area contributed by atoms with Crippen LogP contribution in [0.2, 0.25) is 5.15 Å². The SMILES string of the molecule is CC(C)CCn1cc(-c2cnc(Cl)cc2NC(C)C)nn1. The van der Waals surface area contributed by atoms with E-state index < -0.39 is 0 Å². The van der Waals surface area contributed by atoms with Crippen LogP contribution < -0.4 is 5.32 Å². The van der Waals surface area contributed by atoms with Gasteiger partial charge in [0.1, 0.15) is 10.8 Å². The summed E-state index contributed by atoms with van der Waals surface area (Å²) in [5.74, 6) is 0.646. The second-order valence-electron chi connectivity index (χ2n) is 5.90. The fourth-order valence-electron chi connectivity index (χ4n) is 1.99. The fourth-order valence-corrected chi connectivity index (χ4v) is 2.14. The van der Waals surface area contributed by atoms with Gasteiger partial charge in [-0.05, 0) is 32.3 Å². The second kappa shape index (κ2) is 6.89. The number of hydrogen-bond donors (Lipinski definition) is 1. The molecule has 2 rings (SSSR count). The highest BCUT2D eigenvalue weighted by Gasteiger charge is 2.12. The summed E-state index contributed by atoms with van der Waals surface area (Å²) in [6.45, 7) is 9.44. The van der Waals surface area contributed by atoms with E-state index in [0.717, 1.165) is 29.9 Å². The predicted molar refractivity (Wildman–Crippen MR) is 86.5 cm³/mol. The van der Waals surface area contributed by atoms with Gasteiger partial charge in [0.2, 0.25) is 0 Å². The van der Waals surface area contributed by atoms with Gasteiger partial charge < -0.3 is 5.32 Å². The molecule has 0 saturated carbocycles. The lowest BCUT2D eigenvalue weighted by molar-refractivity contribution is 0.478. The third kappa shape index (κ3) is 4.43. The van der Waals surface area contributed by atoms with Crippen LogP contribution in [0.4, 0.5) is 5.69 Å². The molecule has 0 aliphatic carbocycles. The molecule has 114 valence electrons. The lowest BCUT2D eigenvalue weighted by Gasteiger charge is -2.13. The normalized spacial score (nSPS) is 11.4. The van der Waals surface area contributed by atoms with Gasteiger partial charge in [-0.25, -0.2) is 4.98 Å². The number of hydrogen-bond acceptors (Lipinski definition) is 4. The first kappa shape index (κ1) is 15.8. The highest BCUT2D eigenvalue weighted by Crippen LogP contribution is 2.28. The van der Waals surface area contributed by atoms with Crippen LogP contribution in [0.1, 0.15) is 34.1 Å². The van der Waals surface area contributed by atoms with E-state index in [-0.39, 0.29) is 0 Å². The molecule has 0 fully saturated rings. The van der Waals surface area contributed by atoms with Crippen LogP contribution in [-0.4, -0.2) is 26.0 Å². The molecule has 0 amide bonds. The van der Waals surface area contributed by atoms with E-state index in [9.17, 15) is 0 Å². The lowest BCUT2D eigenvalue weighted by Crippen LogP contribution is -2.10. The van der Waals surface area contributed by atoms with E-state index in [2.05, 4.69) is 48.3 Å². The number of nitrogens with one attached hydrogen (secondary N) is 1. The molecule has 0 atom stereocenters. The van der Waals surface area contributed by atoms with Crippen LogP contribution in [-0.2, 0) is 6.54 Å². The molecule has 0 bridgehead atoms. The van der Waals surface area contributed by atoms with Gasteiger partial charge in [-0.15, -0.1) is 5.10 Å². The van der Waals surface area contributed by atoms with Crippen molar-refractivity contribution in [1.29, 1.82) is 0 Å². The number of aromatic nitrogens is 4. The minimum atomic E-state index is 0.304. The molecule has 2 aromatic heterocycles. The fraction of sp³-hybridized carbons (Fsp3) is 0.533. The molecule has 6 heteroatoms.